The van der Waals surface area contributed by atoms with Crippen molar-refractivity contribution < 1.29 is 31.9 Å². The van der Waals surface area contributed by atoms with Crippen LogP contribution >= 0.6 is 0 Å². The van der Waals surface area contributed by atoms with Crippen LogP contribution in [0.4, 0.5) is 23.2 Å². The number of carbonyl (C=O) groups excluding carboxylic acids is 2. The monoisotopic (exact) mass is 460 g/mol. The van der Waals surface area contributed by atoms with E-state index in [1.807, 2.05) is 0 Å². The number of anilines is 1. The number of halogens is 4. The van der Waals surface area contributed by atoms with Gasteiger partial charge in [-0.25, -0.2) is 4.39 Å². The minimum atomic E-state index is -4.96. The van der Waals surface area contributed by atoms with Crippen molar-refractivity contribution in [3.8, 4) is 16.9 Å². The Morgan fingerprint density at radius 1 is 1.00 bits per heavy atom. The number of amides is 2. The van der Waals surface area contributed by atoms with Gasteiger partial charge in [0.1, 0.15) is 17.3 Å². The second-order valence-corrected chi connectivity index (χ2v) is 7.24. The number of carbonyl (C=O) groups is 2. The van der Waals surface area contributed by atoms with Crippen molar-refractivity contribution in [3.63, 3.8) is 0 Å². The first kappa shape index (κ1) is 22.2. The van der Waals surface area contributed by atoms with Crippen molar-refractivity contribution in [3.05, 3.63) is 72.1 Å². The van der Waals surface area contributed by atoms with E-state index in [9.17, 15) is 27.2 Å². The zero-order valence-electron chi connectivity index (χ0n) is 16.8. The van der Waals surface area contributed by atoms with Crippen molar-refractivity contribution in [2.75, 3.05) is 5.32 Å². The molecule has 2 aromatic heterocycles. The summed E-state index contributed by atoms with van der Waals surface area (Å²) >= 11 is 0. The third-order valence-corrected chi connectivity index (χ3v) is 4.70. The molecule has 3 aromatic rings. The third-order valence-electron chi connectivity index (χ3n) is 4.70. The van der Waals surface area contributed by atoms with E-state index in [-0.39, 0.29) is 34.1 Å². The lowest BCUT2D eigenvalue weighted by Gasteiger charge is -2.13. The van der Waals surface area contributed by atoms with Crippen LogP contribution in [0.5, 0.6) is 5.75 Å². The summed E-state index contributed by atoms with van der Waals surface area (Å²) < 4.78 is 55.4. The molecule has 4 rings (SSSR count). The van der Waals surface area contributed by atoms with Crippen LogP contribution in [0.25, 0.3) is 11.1 Å². The van der Waals surface area contributed by atoms with Crippen molar-refractivity contribution in [1.82, 2.24) is 15.3 Å². The van der Waals surface area contributed by atoms with E-state index < -0.39 is 29.7 Å². The van der Waals surface area contributed by atoms with Crippen LogP contribution < -0.4 is 15.4 Å². The highest BCUT2D eigenvalue weighted by molar-refractivity contribution is 6.07. The maximum Gasteiger partial charge on any atom is 0.573 e. The number of nitrogens with one attached hydrogen (secondary N) is 2. The fourth-order valence-corrected chi connectivity index (χ4v) is 3.02. The van der Waals surface area contributed by atoms with Crippen molar-refractivity contribution in [1.29, 1.82) is 0 Å². The third kappa shape index (κ3) is 5.62. The average molecular weight is 460 g/mol. The van der Waals surface area contributed by atoms with Gasteiger partial charge in [0.25, 0.3) is 11.8 Å². The van der Waals surface area contributed by atoms with E-state index in [1.54, 1.807) is 0 Å². The fourth-order valence-electron chi connectivity index (χ4n) is 3.02. The second kappa shape index (κ2) is 8.85. The molecular formula is C22H16F4N4O3. The number of benzene rings is 1. The van der Waals surface area contributed by atoms with E-state index in [0.29, 0.717) is 6.07 Å². The quantitative estimate of drug-likeness (QED) is 0.535. The zero-order chi connectivity index (χ0) is 23.6. The van der Waals surface area contributed by atoms with Gasteiger partial charge in [-0.2, -0.15) is 0 Å². The number of alkyl halides is 3. The summed E-state index contributed by atoms with van der Waals surface area (Å²) in [6, 6.07) is 6.93. The Bertz CT molecular complexity index is 1210. The van der Waals surface area contributed by atoms with Crippen LogP contribution in [0, 0.1) is 5.82 Å². The highest BCUT2D eigenvalue weighted by Crippen LogP contribution is 2.33. The van der Waals surface area contributed by atoms with Gasteiger partial charge in [-0.1, -0.05) is 0 Å². The maximum atomic E-state index is 14.6. The van der Waals surface area contributed by atoms with E-state index in [0.717, 1.165) is 25.0 Å². The molecule has 11 heteroatoms. The maximum absolute atomic E-state index is 14.6. The predicted octanol–water partition coefficient (Wildman–Crippen LogP) is 4.33. The molecule has 0 aliphatic heterocycles. The summed E-state index contributed by atoms with van der Waals surface area (Å²) in [5.41, 5.74) is 0.450. The molecule has 0 atom stereocenters. The lowest BCUT2D eigenvalue weighted by atomic mass is 10.0. The van der Waals surface area contributed by atoms with E-state index in [4.69, 9.17) is 0 Å². The minimum Gasteiger partial charge on any atom is -0.406 e. The number of hydrogen-bond donors (Lipinski definition) is 2. The molecule has 1 aromatic carbocycles. The normalized spacial score (nSPS) is 13.3. The second-order valence-electron chi connectivity index (χ2n) is 7.24. The molecule has 0 bridgehead atoms. The summed E-state index contributed by atoms with van der Waals surface area (Å²) in [5.74, 6) is -2.69. The Hall–Kier alpha value is -4.02. The first-order chi connectivity index (χ1) is 15.7. The molecule has 2 amide bonds. The topological polar surface area (TPSA) is 93.2 Å². The molecule has 0 unspecified atom stereocenters. The lowest BCUT2D eigenvalue weighted by molar-refractivity contribution is -0.274. The molecule has 0 saturated heterocycles. The molecule has 2 heterocycles. The summed E-state index contributed by atoms with van der Waals surface area (Å²) in [6.45, 7) is 0. The van der Waals surface area contributed by atoms with Crippen molar-refractivity contribution in [2.45, 2.75) is 25.2 Å². The Kier molecular flexibility index (Phi) is 5.95. The van der Waals surface area contributed by atoms with E-state index >= 15 is 0 Å². The van der Waals surface area contributed by atoms with E-state index in [2.05, 4.69) is 25.3 Å². The van der Waals surface area contributed by atoms with Crippen LogP contribution in [-0.4, -0.2) is 34.2 Å². The number of aromatic nitrogens is 2. The first-order valence-electron chi connectivity index (χ1n) is 9.77. The predicted molar refractivity (Wildman–Crippen MR) is 109 cm³/mol. The van der Waals surface area contributed by atoms with Gasteiger partial charge in [-0.3, -0.25) is 19.6 Å². The fraction of sp³-hybridized carbons (Fsp3) is 0.182. The van der Waals surface area contributed by atoms with Crippen molar-refractivity contribution >= 4 is 17.5 Å². The highest BCUT2D eigenvalue weighted by atomic mass is 19.4. The smallest absolute Gasteiger partial charge is 0.406 e. The largest absolute Gasteiger partial charge is 0.573 e. The standard InChI is InChI=1S/C22H16F4N4O3/c23-17-10-14(33-22(24,25)26)3-4-15(17)16-6-7-27-11-19(16)30-20(31)12-5-8-28-18(9-12)21(32)29-13-1-2-13/h3-11,13H,1-2H2,(H,29,32)(H,30,31). The summed E-state index contributed by atoms with van der Waals surface area (Å²) in [6.07, 6.45) is 0.778. The SMILES string of the molecule is O=C(Nc1cnccc1-c1ccc(OC(F)(F)F)cc1F)c1ccnc(C(=O)NC2CC2)c1. The Morgan fingerprint density at radius 2 is 1.79 bits per heavy atom. The van der Waals surface area contributed by atoms with Gasteiger partial charge < -0.3 is 15.4 Å². The minimum absolute atomic E-state index is 0.0681. The molecule has 0 spiro atoms. The van der Waals surface area contributed by atoms with Gasteiger partial charge >= 0.3 is 6.36 Å². The number of hydrogen-bond acceptors (Lipinski definition) is 5. The molecule has 1 fully saturated rings. The number of nitrogens with zero attached hydrogens (tertiary/aromatic N) is 2. The summed E-state index contributed by atoms with van der Waals surface area (Å²) in [7, 11) is 0. The van der Waals surface area contributed by atoms with Gasteiger partial charge in [0, 0.05) is 41.2 Å². The van der Waals surface area contributed by atoms with Gasteiger partial charge in [-0.15, -0.1) is 13.2 Å². The van der Waals surface area contributed by atoms with Crippen LogP contribution in [0.2, 0.25) is 0 Å². The van der Waals surface area contributed by atoms with Gasteiger partial charge in [0.2, 0.25) is 0 Å². The van der Waals surface area contributed by atoms with Crippen LogP contribution in [0.1, 0.15) is 33.7 Å². The van der Waals surface area contributed by atoms with Gasteiger partial charge in [0.05, 0.1) is 11.9 Å². The molecule has 1 saturated carbocycles. The van der Waals surface area contributed by atoms with E-state index in [1.165, 1.54) is 36.8 Å². The lowest BCUT2D eigenvalue weighted by Crippen LogP contribution is -2.26. The molecular weight excluding hydrogens is 444 g/mol. The molecule has 1 aliphatic carbocycles. The molecule has 0 radical (unpaired) electrons. The molecule has 7 nitrogen and oxygen atoms in total. The zero-order valence-corrected chi connectivity index (χ0v) is 16.8. The Morgan fingerprint density at radius 3 is 2.48 bits per heavy atom. The molecule has 2 N–H and O–H groups in total. The Balaban J connectivity index is 1.56. The molecule has 33 heavy (non-hydrogen) atoms. The summed E-state index contributed by atoms with van der Waals surface area (Å²) in [5, 5.41) is 5.36. The first-order valence-corrected chi connectivity index (χ1v) is 9.77. The molecule has 1 aliphatic rings. The number of pyridine rings is 2. The van der Waals surface area contributed by atoms with Crippen LogP contribution in [0.15, 0.2) is 55.0 Å². The molecule has 170 valence electrons. The summed E-state index contributed by atoms with van der Waals surface area (Å²) in [4.78, 5) is 32.8. The number of rotatable bonds is 6. The average Bonchev–Trinajstić information content (AvgIpc) is 3.57. The van der Waals surface area contributed by atoms with Gasteiger partial charge in [0.15, 0.2) is 0 Å². The van der Waals surface area contributed by atoms with Gasteiger partial charge in [-0.05, 0) is 43.2 Å². The Labute approximate surface area is 184 Å². The van der Waals surface area contributed by atoms with Crippen molar-refractivity contribution in [2.24, 2.45) is 0 Å². The number of ether oxygens (including phenoxy) is 1. The van der Waals surface area contributed by atoms with Crippen LogP contribution in [0.3, 0.4) is 0 Å². The van der Waals surface area contributed by atoms with Crippen LogP contribution in [-0.2, 0) is 0 Å². The highest BCUT2D eigenvalue weighted by Gasteiger charge is 2.31.